The molecule has 0 bridgehead atoms. The second-order valence-electron chi connectivity index (χ2n) is 4.46. The Hall–Kier alpha value is -0.760. The molecule has 1 aliphatic heterocycles. The van der Waals surface area contributed by atoms with Crippen LogP contribution in [0.15, 0.2) is 29.2 Å². The first-order chi connectivity index (χ1) is 9.05. The molecule has 1 aromatic rings. The van der Waals surface area contributed by atoms with E-state index in [-0.39, 0.29) is 4.90 Å². The molecule has 0 unspecified atom stereocenters. The normalized spacial score (nSPS) is 16.1. The maximum atomic E-state index is 11.1. The molecule has 1 aromatic carbocycles. The van der Waals surface area contributed by atoms with Gasteiger partial charge in [-0.25, -0.2) is 13.6 Å². The van der Waals surface area contributed by atoms with Gasteiger partial charge in [0.15, 0.2) is 0 Å². The second-order valence-corrected chi connectivity index (χ2v) is 7.18. The van der Waals surface area contributed by atoms with Crippen LogP contribution in [-0.4, -0.2) is 39.6 Å². The first-order valence-electron chi connectivity index (χ1n) is 6.10. The number of ether oxygens (including phenoxy) is 1. The Bertz CT molecular complexity index is 498. The van der Waals surface area contributed by atoms with E-state index in [2.05, 4.69) is 5.32 Å². The number of primary sulfonamides is 1. The minimum absolute atomic E-state index is 0.103. The standard InChI is InChI=1S/C12H18N2O3S2/c13-19(15,16)12-3-1-11(2-4-12)17-5-6-18-9-10-7-14-8-10/h1-4,10,14H,5-9H2,(H2,13,15,16). The van der Waals surface area contributed by atoms with Crippen molar-refractivity contribution >= 4 is 21.8 Å². The van der Waals surface area contributed by atoms with E-state index in [1.807, 2.05) is 11.8 Å². The van der Waals surface area contributed by atoms with E-state index in [9.17, 15) is 8.42 Å². The minimum Gasteiger partial charge on any atom is -0.493 e. The molecule has 1 fully saturated rings. The summed E-state index contributed by atoms with van der Waals surface area (Å²) in [5, 5.41) is 8.26. The number of nitrogens with one attached hydrogen (secondary N) is 1. The highest BCUT2D eigenvalue weighted by atomic mass is 32.2. The molecular formula is C12H18N2O3S2. The van der Waals surface area contributed by atoms with Crippen molar-refractivity contribution in [1.82, 2.24) is 5.32 Å². The van der Waals surface area contributed by atoms with Gasteiger partial charge in [-0.15, -0.1) is 0 Å². The van der Waals surface area contributed by atoms with Crippen LogP contribution in [-0.2, 0) is 10.0 Å². The van der Waals surface area contributed by atoms with Crippen molar-refractivity contribution < 1.29 is 13.2 Å². The summed E-state index contributed by atoms with van der Waals surface area (Å²) < 4.78 is 27.7. The van der Waals surface area contributed by atoms with Gasteiger partial charge in [0.05, 0.1) is 11.5 Å². The fraction of sp³-hybridized carbons (Fsp3) is 0.500. The molecular weight excluding hydrogens is 284 g/mol. The van der Waals surface area contributed by atoms with Gasteiger partial charge in [0.25, 0.3) is 0 Å². The van der Waals surface area contributed by atoms with Crippen LogP contribution in [0.25, 0.3) is 0 Å². The van der Waals surface area contributed by atoms with Gasteiger partial charge in [-0.1, -0.05) is 0 Å². The summed E-state index contributed by atoms with van der Waals surface area (Å²) in [6, 6.07) is 6.16. The van der Waals surface area contributed by atoms with E-state index in [0.717, 1.165) is 24.8 Å². The predicted octanol–water partition coefficient (Wildman–Crippen LogP) is 0.665. The molecule has 3 N–H and O–H groups in total. The van der Waals surface area contributed by atoms with E-state index in [4.69, 9.17) is 9.88 Å². The average molecular weight is 302 g/mol. The van der Waals surface area contributed by atoms with Crippen LogP contribution in [0.3, 0.4) is 0 Å². The predicted molar refractivity (Wildman–Crippen MR) is 77.0 cm³/mol. The summed E-state index contributed by atoms with van der Waals surface area (Å²) in [4.78, 5) is 0.103. The summed E-state index contributed by atoms with van der Waals surface area (Å²) in [6.45, 7) is 2.88. The van der Waals surface area contributed by atoms with E-state index >= 15 is 0 Å². The lowest BCUT2D eigenvalue weighted by atomic mass is 10.1. The van der Waals surface area contributed by atoms with Gasteiger partial charge in [-0.05, 0) is 49.0 Å². The molecule has 7 heteroatoms. The Balaban J connectivity index is 1.68. The van der Waals surface area contributed by atoms with Gasteiger partial charge in [-0.3, -0.25) is 0 Å². The third-order valence-corrected chi connectivity index (χ3v) is 4.96. The number of rotatable bonds is 7. The molecule has 0 radical (unpaired) electrons. The highest BCUT2D eigenvalue weighted by Gasteiger charge is 2.15. The maximum Gasteiger partial charge on any atom is 0.238 e. The molecule has 2 rings (SSSR count). The molecule has 5 nitrogen and oxygen atoms in total. The van der Waals surface area contributed by atoms with E-state index in [1.54, 1.807) is 12.1 Å². The van der Waals surface area contributed by atoms with E-state index < -0.39 is 10.0 Å². The fourth-order valence-corrected chi connectivity index (χ4v) is 3.11. The molecule has 0 atom stereocenters. The van der Waals surface area contributed by atoms with Crippen LogP contribution in [0.5, 0.6) is 5.75 Å². The zero-order chi connectivity index (χ0) is 13.7. The second kappa shape index (κ2) is 6.60. The Kier molecular flexibility index (Phi) is 5.09. The van der Waals surface area contributed by atoms with Gasteiger partial charge in [0.1, 0.15) is 5.75 Å². The van der Waals surface area contributed by atoms with E-state index in [1.165, 1.54) is 17.9 Å². The van der Waals surface area contributed by atoms with Gasteiger partial charge in [-0.2, -0.15) is 11.8 Å². The van der Waals surface area contributed by atoms with Crippen molar-refractivity contribution in [2.75, 3.05) is 31.2 Å². The molecule has 0 spiro atoms. The molecule has 19 heavy (non-hydrogen) atoms. The van der Waals surface area contributed by atoms with Crippen molar-refractivity contribution in [3.63, 3.8) is 0 Å². The summed E-state index contributed by atoms with van der Waals surface area (Å²) in [6.07, 6.45) is 0. The number of nitrogens with two attached hydrogens (primary N) is 1. The Morgan fingerprint density at radius 2 is 2.00 bits per heavy atom. The summed E-state index contributed by atoms with van der Waals surface area (Å²) in [5.41, 5.74) is 0. The first kappa shape index (κ1) is 14.6. The summed E-state index contributed by atoms with van der Waals surface area (Å²) >= 11 is 1.88. The molecule has 0 aromatic heterocycles. The van der Waals surface area contributed by atoms with E-state index in [0.29, 0.717) is 12.4 Å². The third kappa shape index (κ3) is 4.68. The highest BCUT2D eigenvalue weighted by Crippen LogP contribution is 2.16. The lowest BCUT2D eigenvalue weighted by Crippen LogP contribution is -2.43. The maximum absolute atomic E-state index is 11.1. The molecule has 106 valence electrons. The quantitative estimate of drug-likeness (QED) is 0.723. The fourth-order valence-electron chi connectivity index (χ4n) is 1.66. The number of benzene rings is 1. The number of hydrogen-bond acceptors (Lipinski definition) is 5. The largest absolute Gasteiger partial charge is 0.493 e. The van der Waals surface area contributed by atoms with Gasteiger partial charge in [0.2, 0.25) is 10.0 Å². The molecule has 1 aliphatic rings. The van der Waals surface area contributed by atoms with Crippen LogP contribution >= 0.6 is 11.8 Å². The topological polar surface area (TPSA) is 81.4 Å². The SMILES string of the molecule is NS(=O)(=O)c1ccc(OCCSCC2CNC2)cc1. The zero-order valence-corrected chi connectivity index (χ0v) is 12.2. The number of hydrogen-bond donors (Lipinski definition) is 2. The van der Waals surface area contributed by atoms with Gasteiger partial charge < -0.3 is 10.1 Å². The smallest absolute Gasteiger partial charge is 0.238 e. The zero-order valence-electron chi connectivity index (χ0n) is 10.5. The lowest BCUT2D eigenvalue weighted by Gasteiger charge is -2.26. The molecule has 1 heterocycles. The Morgan fingerprint density at radius 3 is 2.53 bits per heavy atom. The number of sulfonamides is 1. The van der Waals surface area contributed by atoms with Crippen molar-refractivity contribution in [1.29, 1.82) is 0 Å². The molecule has 0 amide bonds. The molecule has 1 saturated heterocycles. The molecule has 0 aliphatic carbocycles. The van der Waals surface area contributed by atoms with Gasteiger partial charge >= 0.3 is 0 Å². The Labute approximate surface area is 118 Å². The van der Waals surface area contributed by atoms with Crippen LogP contribution in [0.4, 0.5) is 0 Å². The monoisotopic (exact) mass is 302 g/mol. The first-order valence-corrected chi connectivity index (χ1v) is 8.80. The summed E-state index contributed by atoms with van der Waals surface area (Å²) in [7, 11) is -3.62. The summed E-state index contributed by atoms with van der Waals surface area (Å²) in [5.74, 6) is 3.58. The third-order valence-electron chi connectivity index (χ3n) is 2.87. The van der Waals surface area contributed by atoms with Crippen molar-refractivity contribution in [3.8, 4) is 5.75 Å². The van der Waals surface area contributed by atoms with Crippen LogP contribution in [0, 0.1) is 5.92 Å². The molecule has 0 saturated carbocycles. The van der Waals surface area contributed by atoms with Crippen LogP contribution in [0.2, 0.25) is 0 Å². The van der Waals surface area contributed by atoms with Crippen LogP contribution < -0.4 is 15.2 Å². The minimum atomic E-state index is -3.62. The highest BCUT2D eigenvalue weighted by molar-refractivity contribution is 7.99. The van der Waals surface area contributed by atoms with Crippen molar-refractivity contribution in [3.05, 3.63) is 24.3 Å². The average Bonchev–Trinajstić information content (AvgIpc) is 2.31. The van der Waals surface area contributed by atoms with Crippen molar-refractivity contribution in [2.45, 2.75) is 4.90 Å². The number of thioether (sulfide) groups is 1. The lowest BCUT2D eigenvalue weighted by molar-refractivity contribution is 0.343. The Morgan fingerprint density at radius 1 is 1.32 bits per heavy atom. The van der Waals surface area contributed by atoms with Gasteiger partial charge in [0, 0.05) is 5.75 Å². The van der Waals surface area contributed by atoms with Crippen molar-refractivity contribution in [2.24, 2.45) is 11.1 Å². The van der Waals surface area contributed by atoms with Crippen LogP contribution in [0.1, 0.15) is 0 Å².